The van der Waals surface area contributed by atoms with Crippen LogP contribution in [0.25, 0.3) is 11.0 Å². The van der Waals surface area contributed by atoms with Gasteiger partial charge in [0, 0.05) is 9.79 Å². The monoisotopic (exact) mass is 349 g/mol. The van der Waals surface area contributed by atoms with Gasteiger partial charge >= 0.3 is 0 Å². The SMILES string of the molecule is c1ccc(SC(Sc2ccccc2)n2nnc3ccccc32)cc1. The van der Waals surface area contributed by atoms with E-state index in [4.69, 9.17) is 0 Å². The van der Waals surface area contributed by atoms with Crippen LogP contribution in [0.2, 0.25) is 0 Å². The largest absolute Gasteiger partial charge is 0.221 e. The molecule has 0 aliphatic heterocycles. The number of aromatic nitrogens is 3. The van der Waals surface area contributed by atoms with Gasteiger partial charge in [0.2, 0.25) is 0 Å². The van der Waals surface area contributed by atoms with Gasteiger partial charge in [-0.2, -0.15) is 0 Å². The summed E-state index contributed by atoms with van der Waals surface area (Å²) < 4.78 is 2.08. The smallest absolute Gasteiger partial charge is 0.154 e. The number of hydrogen-bond donors (Lipinski definition) is 0. The second kappa shape index (κ2) is 7.11. The molecule has 0 saturated heterocycles. The van der Waals surface area contributed by atoms with Crippen LogP contribution in [0.15, 0.2) is 94.7 Å². The zero-order chi connectivity index (χ0) is 16.2. The van der Waals surface area contributed by atoms with E-state index in [0.717, 1.165) is 11.0 Å². The zero-order valence-corrected chi connectivity index (χ0v) is 14.5. The summed E-state index contributed by atoms with van der Waals surface area (Å²) >= 11 is 3.56. The number of rotatable bonds is 5. The molecule has 0 unspecified atom stereocenters. The predicted molar refractivity (Wildman–Crippen MR) is 101 cm³/mol. The van der Waals surface area contributed by atoms with Crippen molar-refractivity contribution in [2.75, 3.05) is 0 Å². The van der Waals surface area contributed by atoms with Crippen LogP contribution in [-0.2, 0) is 0 Å². The lowest BCUT2D eigenvalue weighted by Crippen LogP contribution is -2.04. The molecule has 0 spiro atoms. The van der Waals surface area contributed by atoms with Crippen LogP contribution < -0.4 is 0 Å². The summed E-state index contributed by atoms with van der Waals surface area (Å²) in [5.41, 5.74) is 1.97. The average Bonchev–Trinajstić information content (AvgIpc) is 3.07. The molecule has 0 saturated carbocycles. The maximum Gasteiger partial charge on any atom is 0.154 e. The minimum absolute atomic E-state index is 0.0715. The van der Waals surface area contributed by atoms with E-state index in [2.05, 4.69) is 64.9 Å². The Morgan fingerprint density at radius 3 is 1.83 bits per heavy atom. The molecule has 0 atom stereocenters. The van der Waals surface area contributed by atoms with E-state index in [0.29, 0.717) is 0 Å². The van der Waals surface area contributed by atoms with Crippen molar-refractivity contribution < 1.29 is 0 Å². The molecule has 0 fully saturated rings. The first-order chi connectivity index (χ1) is 11.9. The lowest BCUT2D eigenvalue weighted by molar-refractivity contribution is 0.711. The number of fused-ring (bicyclic) bond motifs is 1. The highest BCUT2D eigenvalue weighted by Crippen LogP contribution is 2.44. The van der Waals surface area contributed by atoms with Crippen LogP contribution >= 0.6 is 23.5 Å². The molecule has 1 heterocycles. The lowest BCUT2D eigenvalue weighted by atomic mass is 10.3. The number of para-hydroxylation sites is 1. The number of nitrogens with zero attached hydrogens (tertiary/aromatic N) is 3. The average molecular weight is 349 g/mol. The van der Waals surface area contributed by atoms with Crippen molar-refractivity contribution in [2.45, 2.75) is 14.5 Å². The third-order valence-electron chi connectivity index (χ3n) is 3.54. The molecule has 1 aromatic heterocycles. The summed E-state index contributed by atoms with van der Waals surface area (Å²) in [4.78, 5) is 2.43. The van der Waals surface area contributed by atoms with Gasteiger partial charge in [-0.05, 0) is 36.4 Å². The Hall–Kier alpha value is -2.24. The summed E-state index contributed by atoms with van der Waals surface area (Å²) in [5.74, 6) is 0. The van der Waals surface area contributed by atoms with Crippen LogP contribution in [0.1, 0.15) is 4.71 Å². The van der Waals surface area contributed by atoms with Gasteiger partial charge < -0.3 is 0 Å². The molecule has 3 nitrogen and oxygen atoms in total. The van der Waals surface area contributed by atoms with E-state index < -0.39 is 0 Å². The van der Waals surface area contributed by atoms with E-state index in [1.54, 1.807) is 23.5 Å². The Balaban J connectivity index is 1.72. The van der Waals surface area contributed by atoms with Gasteiger partial charge in [0.1, 0.15) is 5.52 Å². The van der Waals surface area contributed by atoms with Crippen molar-refractivity contribution >= 4 is 34.6 Å². The van der Waals surface area contributed by atoms with Crippen LogP contribution in [0.3, 0.4) is 0 Å². The highest BCUT2D eigenvalue weighted by atomic mass is 32.2. The second-order valence-corrected chi connectivity index (χ2v) is 7.80. The van der Waals surface area contributed by atoms with Gasteiger partial charge in [-0.1, -0.05) is 77.3 Å². The number of benzene rings is 3. The zero-order valence-electron chi connectivity index (χ0n) is 12.8. The van der Waals surface area contributed by atoms with Crippen LogP contribution in [-0.4, -0.2) is 15.0 Å². The van der Waals surface area contributed by atoms with Crippen LogP contribution in [0.5, 0.6) is 0 Å². The minimum atomic E-state index is 0.0715. The van der Waals surface area contributed by atoms with Gasteiger partial charge in [-0.3, -0.25) is 0 Å². The number of hydrogen-bond acceptors (Lipinski definition) is 4. The second-order valence-electron chi connectivity index (χ2n) is 5.19. The van der Waals surface area contributed by atoms with E-state index >= 15 is 0 Å². The summed E-state index contributed by atoms with van der Waals surface area (Å²) in [7, 11) is 0. The molecule has 0 aliphatic carbocycles. The van der Waals surface area contributed by atoms with Gasteiger partial charge in [0.25, 0.3) is 0 Å². The molecule has 0 N–H and O–H groups in total. The Bertz CT molecular complexity index is 881. The summed E-state index contributed by atoms with van der Waals surface area (Å²) in [6.45, 7) is 0. The molecule has 0 bridgehead atoms. The predicted octanol–water partition coefficient (Wildman–Crippen LogP) is 5.47. The van der Waals surface area contributed by atoms with Crippen LogP contribution in [0.4, 0.5) is 0 Å². The van der Waals surface area contributed by atoms with Crippen molar-refractivity contribution in [3.05, 3.63) is 84.9 Å². The quantitative estimate of drug-likeness (QED) is 0.353. The molecule has 118 valence electrons. The highest BCUT2D eigenvalue weighted by molar-refractivity contribution is 8.16. The topological polar surface area (TPSA) is 30.7 Å². The fourth-order valence-electron chi connectivity index (χ4n) is 2.40. The molecular formula is C19H15N3S2. The fraction of sp³-hybridized carbons (Fsp3) is 0.0526. The van der Waals surface area contributed by atoms with Crippen molar-refractivity contribution in [3.8, 4) is 0 Å². The summed E-state index contributed by atoms with van der Waals surface area (Å²) in [6.07, 6.45) is 0. The van der Waals surface area contributed by atoms with E-state index in [-0.39, 0.29) is 4.71 Å². The Labute approximate surface area is 149 Å². The maximum absolute atomic E-state index is 4.41. The van der Waals surface area contributed by atoms with Gasteiger partial charge in [0.05, 0.1) is 5.52 Å². The normalized spacial score (nSPS) is 11.2. The third-order valence-corrected chi connectivity index (χ3v) is 6.01. The molecular weight excluding hydrogens is 334 g/mol. The molecule has 3 aromatic carbocycles. The van der Waals surface area contributed by atoms with Gasteiger partial charge in [-0.25, -0.2) is 4.68 Å². The van der Waals surface area contributed by atoms with Crippen molar-refractivity contribution in [3.63, 3.8) is 0 Å². The lowest BCUT2D eigenvalue weighted by Gasteiger charge is -2.17. The minimum Gasteiger partial charge on any atom is -0.221 e. The standard InChI is InChI=1S/C19H15N3S2/c1-3-9-15(10-4-1)23-19(24-16-11-5-2-6-12-16)22-18-14-8-7-13-17(18)20-21-22/h1-14,19H. The molecule has 5 heteroatoms. The molecule has 4 aromatic rings. The Morgan fingerprint density at radius 2 is 1.21 bits per heavy atom. The Morgan fingerprint density at radius 1 is 0.667 bits per heavy atom. The van der Waals surface area contributed by atoms with E-state index in [1.165, 1.54) is 9.79 Å². The highest BCUT2D eigenvalue weighted by Gasteiger charge is 2.18. The fourth-order valence-corrected chi connectivity index (χ4v) is 4.86. The third kappa shape index (κ3) is 3.32. The first-order valence-corrected chi connectivity index (χ1v) is 9.39. The summed E-state index contributed by atoms with van der Waals surface area (Å²) in [5, 5.41) is 8.72. The molecule has 4 rings (SSSR count). The molecule has 0 radical (unpaired) electrons. The molecule has 24 heavy (non-hydrogen) atoms. The van der Waals surface area contributed by atoms with Gasteiger partial charge in [-0.15, -0.1) is 5.10 Å². The molecule has 0 aliphatic rings. The van der Waals surface area contributed by atoms with E-state index in [9.17, 15) is 0 Å². The maximum atomic E-state index is 4.41. The summed E-state index contributed by atoms with van der Waals surface area (Å²) in [6, 6.07) is 28.9. The van der Waals surface area contributed by atoms with Crippen molar-refractivity contribution in [1.29, 1.82) is 0 Å². The van der Waals surface area contributed by atoms with E-state index in [1.807, 2.05) is 35.0 Å². The van der Waals surface area contributed by atoms with Crippen molar-refractivity contribution in [1.82, 2.24) is 15.0 Å². The number of thioether (sulfide) groups is 2. The van der Waals surface area contributed by atoms with Crippen LogP contribution in [0, 0.1) is 0 Å². The molecule has 0 amide bonds. The first kappa shape index (κ1) is 15.3. The van der Waals surface area contributed by atoms with Gasteiger partial charge in [0.15, 0.2) is 4.71 Å². The first-order valence-electron chi connectivity index (χ1n) is 7.63. The Kier molecular flexibility index (Phi) is 4.53. The van der Waals surface area contributed by atoms with Crippen molar-refractivity contribution in [2.24, 2.45) is 0 Å².